The summed E-state index contributed by atoms with van der Waals surface area (Å²) >= 11 is 12.2. The Kier molecular flexibility index (Phi) is 3.52. The number of rotatable bonds is 2. The lowest BCUT2D eigenvalue weighted by Gasteiger charge is -2.21. The highest BCUT2D eigenvalue weighted by Gasteiger charge is 2.25. The summed E-state index contributed by atoms with van der Waals surface area (Å²) in [7, 11) is 0. The number of aromatic nitrogens is 1. The lowest BCUT2D eigenvalue weighted by atomic mass is 9.89. The second-order valence-electron chi connectivity index (χ2n) is 4.90. The number of carbonyl (C=O) groups is 1. The quantitative estimate of drug-likeness (QED) is 0.831. The van der Waals surface area contributed by atoms with Crippen LogP contribution in [0.5, 0.6) is 0 Å². The molecule has 2 N–H and O–H groups in total. The number of piperidine rings is 1. The van der Waals surface area contributed by atoms with Crippen molar-refractivity contribution in [1.82, 2.24) is 10.3 Å². The van der Waals surface area contributed by atoms with Crippen LogP contribution in [0.4, 0.5) is 0 Å². The highest BCUT2D eigenvalue weighted by Crippen LogP contribution is 2.32. The Balaban J connectivity index is 2.03. The van der Waals surface area contributed by atoms with E-state index >= 15 is 0 Å². The van der Waals surface area contributed by atoms with E-state index in [9.17, 15) is 4.79 Å². The maximum atomic E-state index is 12.6. The molecular weight excluding hydrogens is 283 g/mol. The number of H-pyrrole nitrogens is 1. The molecular formula is C14H14Cl2N2O. The zero-order valence-electron chi connectivity index (χ0n) is 10.3. The molecule has 1 fully saturated rings. The summed E-state index contributed by atoms with van der Waals surface area (Å²) in [4.78, 5) is 15.7. The Hall–Kier alpha value is -1.03. The summed E-state index contributed by atoms with van der Waals surface area (Å²) in [5.41, 5.74) is 1.50. The fourth-order valence-corrected chi connectivity index (χ4v) is 3.28. The first-order valence-corrected chi connectivity index (χ1v) is 7.13. The third kappa shape index (κ3) is 2.38. The van der Waals surface area contributed by atoms with Crippen LogP contribution >= 0.6 is 23.2 Å². The summed E-state index contributed by atoms with van der Waals surface area (Å²) in [5.74, 6) is 0.268. The predicted molar refractivity (Wildman–Crippen MR) is 78.2 cm³/mol. The van der Waals surface area contributed by atoms with Gasteiger partial charge in [-0.2, -0.15) is 0 Å². The van der Waals surface area contributed by atoms with Crippen LogP contribution in [0.1, 0.15) is 23.2 Å². The smallest absolute Gasteiger partial charge is 0.168 e. The summed E-state index contributed by atoms with van der Waals surface area (Å²) in [6.07, 6.45) is 3.52. The Bertz CT molecular complexity index is 630. The number of nitrogens with one attached hydrogen (secondary N) is 2. The molecule has 0 bridgehead atoms. The number of carbonyl (C=O) groups excluding carboxylic acids is 1. The van der Waals surface area contributed by atoms with Gasteiger partial charge in [0.2, 0.25) is 0 Å². The van der Waals surface area contributed by atoms with Gasteiger partial charge in [-0.25, -0.2) is 0 Å². The first-order chi connectivity index (χ1) is 9.16. The number of aromatic amines is 1. The molecule has 1 aromatic heterocycles. The largest absolute Gasteiger partial charge is 0.360 e. The van der Waals surface area contributed by atoms with E-state index in [1.54, 1.807) is 18.3 Å². The summed E-state index contributed by atoms with van der Waals surface area (Å²) in [6.45, 7) is 1.80. The van der Waals surface area contributed by atoms with Crippen molar-refractivity contribution in [3.05, 3.63) is 33.9 Å². The van der Waals surface area contributed by atoms with E-state index in [1.807, 2.05) is 0 Å². The highest BCUT2D eigenvalue weighted by molar-refractivity contribution is 6.39. The van der Waals surface area contributed by atoms with Crippen molar-refractivity contribution in [3.8, 4) is 0 Å². The predicted octanol–water partition coefficient (Wildman–Crippen LogP) is 3.66. The topological polar surface area (TPSA) is 44.9 Å². The maximum Gasteiger partial charge on any atom is 0.168 e. The van der Waals surface area contributed by atoms with Crippen molar-refractivity contribution >= 4 is 39.9 Å². The standard InChI is InChI=1S/C14H14Cl2N2O/c15-9-5-11(16)13-10(7-18-12(13)6-9)14(19)8-1-3-17-4-2-8/h5-8,17-18H,1-4H2. The highest BCUT2D eigenvalue weighted by atomic mass is 35.5. The van der Waals surface area contributed by atoms with Crippen molar-refractivity contribution in [1.29, 1.82) is 0 Å². The third-order valence-electron chi connectivity index (χ3n) is 3.67. The minimum absolute atomic E-state index is 0.0898. The lowest BCUT2D eigenvalue weighted by molar-refractivity contribution is 0.0897. The number of Topliss-reactive ketones (excluding diaryl/α,β-unsaturated/α-hetero) is 1. The van der Waals surface area contributed by atoms with E-state index in [0.29, 0.717) is 15.6 Å². The summed E-state index contributed by atoms with van der Waals surface area (Å²) in [5, 5.41) is 5.15. The molecule has 2 heterocycles. The molecule has 1 aliphatic rings. The van der Waals surface area contributed by atoms with Gasteiger partial charge in [-0.1, -0.05) is 23.2 Å². The monoisotopic (exact) mass is 296 g/mol. The molecule has 0 unspecified atom stereocenters. The maximum absolute atomic E-state index is 12.6. The molecule has 100 valence electrons. The first-order valence-electron chi connectivity index (χ1n) is 6.38. The van der Waals surface area contributed by atoms with Gasteiger partial charge in [0.15, 0.2) is 5.78 Å². The van der Waals surface area contributed by atoms with E-state index < -0.39 is 0 Å². The number of ketones is 1. The average molecular weight is 297 g/mol. The number of fused-ring (bicyclic) bond motifs is 1. The lowest BCUT2D eigenvalue weighted by Crippen LogP contribution is -2.31. The normalized spacial score (nSPS) is 16.9. The fraction of sp³-hybridized carbons (Fsp3) is 0.357. The molecule has 0 spiro atoms. The molecule has 2 aromatic rings. The van der Waals surface area contributed by atoms with Crippen LogP contribution in [-0.4, -0.2) is 23.9 Å². The van der Waals surface area contributed by atoms with Crippen LogP contribution in [0.15, 0.2) is 18.3 Å². The van der Waals surface area contributed by atoms with Gasteiger partial charge < -0.3 is 10.3 Å². The molecule has 5 heteroatoms. The van der Waals surface area contributed by atoms with Gasteiger partial charge in [-0.3, -0.25) is 4.79 Å². The van der Waals surface area contributed by atoms with Crippen molar-refractivity contribution in [2.45, 2.75) is 12.8 Å². The Morgan fingerprint density at radius 2 is 1.95 bits per heavy atom. The molecule has 0 amide bonds. The van der Waals surface area contributed by atoms with Crippen molar-refractivity contribution < 1.29 is 4.79 Å². The van der Waals surface area contributed by atoms with E-state index in [4.69, 9.17) is 23.2 Å². The van der Waals surface area contributed by atoms with Crippen LogP contribution in [0.2, 0.25) is 10.0 Å². The van der Waals surface area contributed by atoms with Gasteiger partial charge in [0, 0.05) is 33.6 Å². The minimum atomic E-state index is 0.0898. The third-order valence-corrected chi connectivity index (χ3v) is 4.19. The molecule has 3 nitrogen and oxygen atoms in total. The zero-order chi connectivity index (χ0) is 13.4. The minimum Gasteiger partial charge on any atom is -0.360 e. The van der Waals surface area contributed by atoms with Gasteiger partial charge in [0.25, 0.3) is 0 Å². The van der Waals surface area contributed by atoms with Gasteiger partial charge in [-0.15, -0.1) is 0 Å². The summed E-state index contributed by atoms with van der Waals surface area (Å²) in [6, 6.07) is 3.47. The van der Waals surface area contributed by atoms with E-state index in [0.717, 1.165) is 36.8 Å². The Morgan fingerprint density at radius 1 is 1.21 bits per heavy atom. The number of halogens is 2. The molecule has 0 radical (unpaired) electrons. The number of hydrogen-bond donors (Lipinski definition) is 2. The molecule has 1 aromatic carbocycles. The number of hydrogen-bond acceptors (Lipinski definition) is 2. The van der Waals surface area contributed by atoms with Gasteiger partial charge in [-0.05, 0) is 38.1 Å². The fourth-order valence-electron chi connectivity index (χ4n) is 2.68. The van der Waals surface area contributed by atoms with Gasteiger partial charge >= 0.3 is 0 Å². The zero-order valence-corrected chi connectivity index (χ0v) is 11.8. The van der Waals surface area contributed by atoms with Crippen LogP contribution < -0.4 is 5.32 Å². The van der Waals surface area contributed by atoms with Crippen LogP contribution in [0.25, 0.3) is 10.9 Å². The van der Waals surface area contributed by atoms with Crippen molar-refractivity contribution in [3.63, 3.8) is 0 Å². The number of benzene rings is 1. The Morgan fingerprint density at radius 3 is 2.68 bits per heavy atom. The van der Waals surface area contributed by atoms with Crippen LogP contribution in [0.3, 0.4) is 0 Å². The van der Waals surface area contributed by atoms with Crippen molar-refractivity contribution in [2.24, 2.45) is 5.92 Å². The van der Waals surface area contributed by atoms with Crippen molar-refractivity contribution in [2.75, 3.05) is 13.1 Å². The van der Waals surface area contributed by atoms with E-state index in [-0.39, 0.29) is 11.7 Å². The van der Waals surface area contributed by atoms with Gasteiger partial charge in [0.1, 0.15) is 0 Å². The molecule has 0 atom stereocenters. The molecule has 1 saturated heterocycles. The molecule has 0 saturated carbocycles. The summed E-state index contributed by atoms with van der Waals surface area (Å²) < 4.78 is 0. The van der Waals surface area contributed by atoms with E-state index in [1.165, 1.54) is 0 Å². The Labute approximate surface area is 121 Å². The molecule has 0 aliphatic carbocycles. The first kappa shape index (κ1) is 13.0. The SMILES string of the molecule is O=C(c1c[nH]c2cc(Cl)cc(Cl)c12)C1CCNCC1. The van der Waals surface area contributed by atoms with Gasteiger partial charge in [0.05, 0.1) is 5.02 Å². The molecule has 3 rings (SSSR count). The second kappa shape index (κ2) is 5.16. The molecule has 1 aliphatic heterocycles. The van der Waals surface area contributed by atoms with Crippen LogP contribution in [-0.2, 0) is 0 Å². The van der Waals surface area contributed by atoms with E-state index in [2.05, 4.69) is 10.3 Å². The average Bonchev–Trinajstić information content (AvgIpc) is 2.83. The van der Waals surface area contributed by atoms with Crippen LogP contribution in [0, 0.1) is 5.92 Å². The second-order valence-corrected chi connectivity index (χ2v) is 5.74. The molecule has 19 heavy (non-hydrogen) atoms.